The summed E-state index contributed by atoms with van der Waals surface area (Å²) in [5, 5.41) is 5.82. The van der Waals surface area contributed by atoms with E-state index in [1.165, 1.54) is 12.8 Å². The van der Waals surface area contributed by atoms with Gasteiger partial charge in [0.25, 0.3) is 0 Å². The lowest BCUT2D eigenvalue weighted by atomic mass is 10.1. The van der Waals surface area contributed by atoms with E-state index in [0.717, 1.165) is 32.4 Å². The van der Waals surface area contributed by atoms with E-state index in [2.05, 4.69) is 22.5 Å². The summed E-state index contributed by atoms with van der Waals surface area (Å²) in [4.78, 5) is 26.3. The molecule has 1 saturated heterocycles. The van der Waals surface area contributed by atoms with Crippen molar-refractivity contribution >= 4 is 12.2 Å². The van der Waals surface area contributed by atoms with E-state index in [4.69, 9.17) is 9.47 Å². The lowest BCUT2D eigenvalue weighted by Crippen LogP contribution is -2.46. The Morgan fingerprint density at radius 1 is 1.04 bits per heavy atom. The molecule has 1 heterocycles. The molecule has 0 aromatic rings. The topological polar surface area (TPSA) is 79.9 Å². The molecule has 164 valence electrons. The molecule has 0 bridgehead atoms. The van der Waals surface area contributed by atoms with Gasteiger partial charge in [-0.15, -0.1) is 0 Å². The van der Waals surface area contributed by atoms with Gasteiger partial charge < -0.3 is 20.1 Å². The van der Waals surface area contributed by atoms with Gasteiger partial charge >= 0.3 is 12.2 Å². The number of carbonyl (C=O) groups excluding carboxylic acids is 2. The predicted molar refractivity (Wildman–Crippen MR) is 112 cm³/mol. The number of ether oxygens (including phenoxy) is 2. The van der Waals surface area contributed by atoms with Crippen LogP contribution in [0.5, 0.6) is 0 Å². The third kappa shape index (κ3) is 11.4. The van der Waals surface area contributed by atoms with Gasteiger partial charge in [0.15, 0.2) is 0 Å². The van der Waals surface area contributed by atoms with E-state index in [-0.39, 0.29) is 18.2 Å². The van der Waals surface area contributed by atoms with E-state index in [1.54, 1.807) is 0 Å². The Hall–Kier alpha value is -1.50. The summed E-state index contributed by atoms with van der Waals surface area (Å²) >= 11 is 0. The Labute approximate surface area is 170 Å². The lowest BCUT2D eigenvalue weighted by Gasteiger charge is -2.29. The van der Waals surface area contributed by atoms with Crippen LogP contribution >= 0.6 is 0 Å². The minimum absolute atomic E-state index is 0.0388. The fourth-order valence-electron chi connectivity index (χ4n) is 3.25. The number of alkyl carbamates (subject to hydrolysis) is 2. The largest absolute Gasteiger partial charge is 0.444 e. The summed E-state index contributed by atoms with van der Waals surface area (Å²) in [6, 6.07) is 0.591. The molecule has 7 heteroatoms. The van der Waals surface area contributed by atoms with E-state index in [0.29, 0.717) is 12.6 Å². The fraction of sp³-hybridized carbons (Fsp3) is 0.905. The Morgan fingerprint density at radius 2 is 1.64 bits per heavy atom. The summed E-state index contributed by atoms with van der Waals surface area (Å²) in [7, 11) is 0. The Bertz CT molecular complexity index is 497. The number of nitrogens with one attached hydrogen (secondary N) is 2. The highest BCUT2D eigenvalue weighted by Crippen LogP contribution is 2.18. The summed E-state index contributed by atoms with van der Waals surface area (Å²) in [5.41, 5.74) is -0.994. The molecule has 0 unspecified atom stereocenters. The molecule has 1 aliphatic heterocycles. The Balaban J connectivity index is 2.42. The lowest BCUT2D eigenvalue weighted by molar-refractivity contribution is 0.0485. The summed E-state index contributed by atoms with van der Waals surface area (Å²) in [6.45, 7) is 15.9. The molecule has 0 radical (unpaired) electrons. The van der Waals surface area contributed by atoms with Crippen LogP contribution in [0.15, 0.2) is 0 Å². The molecule has 7 nitrogen and oxygen atoms in total. The van der Waals surface area contributed by atoms with Crippen LogP contribution in [-0.2, 0) is 9.47 Å². The third-order valence-corrected chi connectivity index (χ3v) is 4.51. The maximum atomic E-state index is 12.2. The average Bonchev–Trinajstić information content (AvgIpc) is 2.88. The van der Waals surface area contributed by atoms with Crippen molar-refractivity contribution in [3.63, 3.8) is 0 Å². The van der Waals surface area contributed by atoms with Gasteiger partial charge in [-0.1, -0.05) is 0 Å². The predicted octanol–water partition coefficient (Wildman–Crippen LogP) is 4.06. The summed E-state index contributed by atoms with van der Waals surface area (Å²) in [5.74, 6) is 0. The van der Waals surface area contributed by atoms with Gasteiger partial charge in [-0.2, -0.15) is 0 Å². The van der Waals surface area contributed by atoms with Gasteiger partial charge in [-0.25, -0.2) is 9.59 Å². The first-order valence-electron chi connectivity index (χ1n) is 10.6. The van der Waals surface area contributed by atoms with Crippen LogP contribution < -0.4 is 10.6 Å². The van der Waals surface area contributed by atoms with Crippen LogP contribution in [0, 0.1) is 0 Å². The number of hydrogen-bond donors (Lipinski definition) is 2. The number of carbonyl (C=O) groups is 2. The number of amides is 2. The molecular weight excluding hydrogens is 358 g/mol. The normalized spacial score (nSPS) is 19.2. The zero-order chi connectivity index (χ0) is 21.4. The molecule has 2 amide bonds. The number of rotatable bonds is 8. The molecular formula is C21H41N3O4. The average molecular weight is 400 g/mol. The first-order valence-corrected chi connectivity index (χ1v) is 10.6. The minimum atomic E-state index is -0.507. The van der Waals surface area contributed by atoms with Crippen molar-refractivity contribution in [2.24, 2.45) is 0 Å². The molecule has 1 rings (SSSR count). The van der Waals surface area contributed by atoms with Crippen LogP contribution in [0.3, 0.4) is 0 Å². The number of nitrogens with zero attached hydrogens (tertiary/aromatic N) is 1. The first-order chi connectivity index (χ1) is 12.9. The number of likely N-dealkylation sites (tertiary alicyclic amines) is 1. The molecule has 0 aromatic carbocycles. The van der Waals surface area contributed by atoms with Gasteiger partial charge in [0.2, 0.25) is 0 Å². The Kier molecular flexibility index (Phi) is 9.54. The van der Waals surface area contributed by atoms with Crippen LogP contribution in [0.25, 0.3) is 0 Å². The molecule has 0 aromatic heterocycles. The van der Waals surface area contributed by atoms with Crippen LogP contribution in [0.1, 0.15) is 80.6 Å². The molecule has 0 spiro atoms. The third-order valence-electron chi connectivity index (χ3n) is 4.51. The second-order valence-corrected chi connectivity index (χ2v) is 9.75. The molecule has 28 heavy (non-hydrogen) atoms. The number of hydrogen-bond acceptors (Lipinski definition) is 5. The van der Waals surface area contributed by atoms with E-state index in [1.807, 2.05) is 41.5 Å². The van der Waals surface area contributed by atoms with Crippen LogP contribution in [-0.4, -0.2) is 60.0 Å². The minimum Gasteiger partial charge on any atom is -0.444 e. The quantitative estimate of drug-likeness (QED) is 0.602. The van der Waals surface area contributed by atoms with Crippen molar-refractivity contribution in [1.29, 1.82) is 0 Å². The van der Waals surface area contributed by atoms with E-state index >= 15 is 0 Å². The molecule has 0 saturated carbocycles. The van der Waals surface area contributed by atoms with Crippen molar-refractivity contribution in [3.8, 4) is 0 Å². The van der Waals surface area contributed by atoms with Crippen molar-refractivity contribution in [2.75, 3.05) is 19.6 Å². The number of unbranched alkanes of at least 4 members (excludes halogenated alkanes) is 1. The van der Waals surface area contributed by atoms with Crippen molar-refractivity contribution in [1.82, 2.24) is 15.5 Å². The monoisotopic (exact) mass is 399 g/mol. The maximum Gasteiger partial charge on any atom is 0.407 e. The fourth-order valence-corrected chi connectivity index (χ4v) is 3.25. The van der Waals surface area contributed by atoms with Gasteiger partial charge in [-0.3, -0.25) is 4.90 Å². The molecule has 0 aliphatic carbocycles. The van der Waals surface area contributed by atoms with Crippen molar-refractivity contribution in [3.05, 3.63) is 0 Å². The van der Waals surface area contributed by atoms with Crippen molar-refractivity contribution in [2.45, 2.75) is 104 Å². The highest BCUT2D eigenvalue weighted by molar-refractivity contribution is 5.68. The second kappa shape index (κ2) is 10.9. The smallest absolute Gasteiger partial charge is 0.407 e. The van der Waals surface area contributed by atoms with Gasteiger partial charge in [-0.05, 0) is 87.1 Å². The zero-order valence-corrected chi connectivity index (χ0v) is 18.9. The first kappa shape index (κ1) is 24.5. The molecule has 1 fully saturated rings. The van der Waals surface area contributed by atoms with Gasteiger partial charge in [0, 0.05) is 25.2 Å². The highest BCUT2D eigenvalue weighted by Gasteiger charge is 2.25. The van der Waals surface area contributed by atoms with Crippen LogP contribution in [0.4, 0.5) is 9.59 Å². The summed E-state index contributed by atoms with van der Waals surface area (Å²) in [6.07, 6.45) is 4.25. The van der Waals surface area contributed by atoms with E-state index < -0.39 is 11.2 Å². The molecule has 2 N–H and O–H groups in total. The Morgan fingerprint density at radius 3 is 2.18 bits per heavy atom. The summed E-state index contributed by atoms with van der Waals surface area (Å²) < 4.78 is 10.7. The standard InChI is InChI=1S/C21H41N3O4/c1-16-11-10-14-24(16)15-17(23-19(26)28-21(5,6)7)12-8-9-13-22-18(25)27-20(2,3)4/h16-17H,8-15H2,1-7H3,(H,22,25)(H,23,26)/t16-,17-/m1/s1. The van der Waals surface area contributed by atoms with Gasteiger partial charge in [0.05, 0.1) is 0 Å². The SMILES string of the molecule is C[C@@H]1CCCN1C[C@@H](CCCCNC(=O)OC(C)(C)C)NC(=O)OC(C)(C)C. The maximum absolute atomic E-state index is 12.2. The van der Waals surface area contributed by atoms with Crippen molar-refractivity contribution < 1.29 is 19.1 Å². The second-order valence-electron chi connectivity index (χ2n) is 9.75. The molecule has 2 atom stereocenters. The van der Waals surface area contributed by atoms with E-state index in [9.17, 15) is 9.59 Å². The van der Waals surface area contributed by atoms with Gasteiger partial charge in [0.1, 0.15) is 11.2 Å². The molecule has 1 aliphatic rings. The highest BCUT2D eigenvalue weighted by atomic mass is 16.6. The van der Waals surface area contributed by atoms with Crippen LogP contribution in [0.2, 0.25) is 0 Å². The zero-order valence-electron chi connectivity index (χ0n) is 18.9.